The number of hydrogen-bond acceptors (Lipinski definition) is 6. The molecule has 0 radical (unpaired) electrons. The lowest BCUT2D eigenvalue weighted by Crippen LogP contribution is -1.96. The van der Waals surface area contributed by atoms with E-state index in [0.717, 1.165) is 45.2 Å². The predicted octanol–water partition coefficient (Wildman–Crippen LogP) is 3.91. The van der Waals surface area contributed by atoms with Crippen molar-refractivity contribution >= 4 is 28.4 Å². The van der Waals surface area contributed by atoms with Crippen LogP contribution in [0.3, 0.4) is 0 Å². The average molecular weight is 330 g/mol. The molecule has 122 valence electrons. The topological polar surface area (TPSA) is 87.8 Å². The Hall–Kier alpha value is -3.61. The second-order valence-corrected chi connectivity index (χ2v) is 5.71. The Morgan fingerprint density at radius 2 is 2.00 bits per heavy atom. The first-order valence-electron chi connectivity index (χ1n) is 7.89. The van der Waals surface area contributed by atoms with Crippen molar-refractivity contribution < 1.29 is 4.74 Å². The van der Waals surface area contributed by atoms with E-state index in [-0.39, 0.29) is 0 Å². The number of ether oxygens (including phenoxy) is 1. The summed E-state index contributed by atoms with van der Waals surface area (Å²) in [5.41, 5.74) is 3.50. The van der Waals surface area contributed by atoms with Gasteiger partial charge in [-0.05, 0) is 30.3 Å². The summed E-state index contributed by atoms with van der Waals surface area (Å²) >= 11 is 0. The summed E-state index contributed by atoms with van der Waals surface area (Å²) < 4.78 is 6.17. The standard InChI is InChI=1S/C18H14N6O/c1-19-18-20-7-6-11(22-18)10-8-13-16-15(9-10)25-14-5-3-2-4-12(14)21-17(16)24-23-13/h2-9H,1H3,(H,19,20,22)(H2,21,23,24). The largest absolute Gasteiger partial charge is 0.454 e. The Balaban J connectivity index is 1.72. The maximum absolute atomic E-state index is 6.17. The van der Waals surface area contributed by atoms with Crippen LogP contribution in [0, 0.1) is 0 Å². The highest BCUT2D eigenvalue weighted by Crippen LogP contribution is 2.43. The van der Waals surface area contributed by atoms with Crippen molar-refractivity contribution in [3.8, 4) is 22.8 Å². The molecule has 25 heavy (non-hydrogen) atoms. The van der Waals surface area contributed by atoms with E-state index < -0.39 is 0 Å². The van der Waals surface area contributed by atoms with E-state index in [2.05, 4.69) is 30.8 Å². The SMILES string of the molecule is CNc1nccc(-c2cc3c4c(n[nH]c4c2)Nc2ccccc2O3)n1. The van der Waals surface area contributed by atoms with E-state index in [0.29, 0.717) is 5.95 Å². The quantitative estimate of drug-likeness (QED) is 0.455. The third-order valence-corrected chi connectivity index (χ3v) is 4.16. The molecule has 4 aromatic rings. The van der Waals surface area contributed by atoms with Gasteiger partial charge in [-0.1, -0.05) is 12.1 Å². The zero-order chi connectivity index (χ0) is 16.8. The summed E-state index contributed by atoms with van der Waals surface area (Å²) in [4.78, 5) is 8.67. The zero-order valence-corrected chi connectivity index (χ0v) is 13.4. The first-order chi connectivity index (χ1) is 12.3. The van der Waals surface area contributed by atoms with Gasteiger partial charge in [-0.3, -0.25) is 5.10 Å². The molecule has 3 heterocycles. The number of H-pyrrole nitrogens is 1. The number of nitrogens with one attached hydrogen (secondary N) is 3. The first-order valence-corrected chi connectivity index (χ1v) is 7.89. The van der Waals surface area contributed by atoms with Crippen molar-refractivity contribution in [1.29, 1.82) is 0 Å². The van der Waals surface area contributed by atoms with Crippen LogP contribution in [0.1, 0.15) is 0 Å². The van der Waals surface area contributed by atoms with E-state index in [1.165, 1.54) is 0 Å². The molecule has 0 atom stereocenters. The van der Waals surface area contributed by atoms with Crippen LogP contribution in [-0.4, -0.2) is 27.2 Å². The van der Waals surface area contributed by atoms with Crippen molar-refractivity contribution in [3.05, 3.63) is 48.7 Å². The molecule has 0 amide bonds. The fraction of sp³-hybridized carbons (Fsp3) is 0.0556. The maximum Gasteiger partial charge on any atom is 0.222 e. The number of nitrogens with zero attached hydrogens (tertiary/aromatic N) is 3. The smallest absolute Gasteiger partial charge is 0.222 e. The Morgan fingerprint density at radius 3 is 2.92 bits per heavy atom. The minimum Gasteiger partial charge on any atom is -0.454 e. The summed E-state index contributed by atoms with van der Waals surface area (Å²) in [6, 6.07) is 13.7. The molecule has 1 aliphatic heterocycles. The lowest BCUT2D eigenvalue weighted by Gasteiger charge is -2.09. The normalized spacial score (nSPS) is 12.0. The maximum atomic E-state index is 6.17. The predicted molar refractivity (Wildman–Crippen MR) is 96.5 cm³/mol. The van der Waals surface area contributed by atoms with Crippen LogP contribution in [0.25, 0.3) is 22.2 Å². The minimum absolute atomic E-state index is 0.571. The van der Waals surface area contributed by atoms with Gasteiger partial charge in [-0.15, -0.1) is 0 Å². The number of hydrogen-bond donors (Lipinski definition) is 3. The lowest BCUT2D eigenvalue weighted by molar-refractivity contribution is 0.492. The van der Waals surface area contributed by atoms with E-state index in [9.17, 15) is 0 Å². The highest BCUT2D eigenvalue weighted by Gasteiger charge is 2.20. The van der Waals surface area contributed by atoms with Crippen LogP contribution in [-0.2, 0) is 0 Å². The molecule has 0 saturated carbocycles. The number of aromatic nitrogens is 4. The van der Waals surface area contributed by atoms with Gasteiger partial charge in [0.05, 0.1) is 22.3 Å². The van der Waals surface area contributed by atoms with Crippen LogP contribution >= 0.6 is 0 Å². The third kappa shape index (κ3) is 2.17. The van der Waals surface area contributed by atoms with Gasteiger partial charge in [-0.2, -0.15) is 5.10 Å². The fourth-order valence-corrected chi connectivity index (χ4v) is 2.98. The van der Waals surface area contributed by atoms with E-state index in [1.54, 1.807) is 13.2 Å². The third-order valence-electron chi connectivity index (χ3n) is 4.16. The summed E-state index contributed by atoms with van der Waals surface area (Å²) in [5, 5.41) is 14.7. The molecule has 3 N–H and O–H groups in total. The van der Waals surface area contributed by atoms with Crippen LogP contribution in [0.15, 0.2) is 48.7 Å². The molecule has 5 rings (SSSR count). The molecule has 0 saturated heterocycles. The number of anilines is 3. The van der Waals surface area contributed by atoms with Gasteiger partial charge in [0.1, 0.15) is 5.75 Å². The van der Waals surface area contributed by atoms with Crippen LogP contribution in [0.5, 0.6) is 11.5 Å². The summed E-state index contributed by atoms with van der Waals surface area (Å²) in [6.45, 7) is 0. The van der Waals surface area contributed by atoms with Crippen molar-refractivity contribution in [3.63, 3.8) is 0 Å². The Kier molecular flexibility index (Phi) is 2.87. The van der Waals surface area contributed by atoms with E-state index >= 15 is 0 Å². The lowest BCUT2D eigenvalue weighted by atomic mass is 10.1. The van der Waals surface area contributed by atoms with Crippen molar-refractivity contribution in [2.75, 3.05) is 17.7 Å². The van der Waals surface area contributed by atoms with Gasteiger partial charge in [0.15, 0.2) is 11.6 Å². The molecule has 2 aromatic heterocycles. The monoisotopic (exact) mass is 330 g/mol. The molecule has 7 heteroatoms. The fourth-order valence-electron chi connectivity index (χ4n) is 2.98. The van der Waals surface area contributed by atoms with E-state index in [1.807, 2.05) is 42.5 Å². The number of aromatic amines is 1. The molecule has 2 aromatic carbocycles. The minimum atomic E-state index is 0.571. The molecule has 1 aliphatic rings. The van der Waals surface area contributed by atoms with Crippen molar-refractivity contribution in [2.45, 2.75) is 0 Å². The van der Waals surface area contributed by atoms with Gasteiger partial charge in [-0.25, -0.2) is 9.97 Å². The first kappa shape index (κ1) is 13.8. The molecule has 0 fully saturated rings. The highest BCUT2D eigenvalue weighted by atomic mass is 16.5. The number of fused-ring (bicyclic) bond motifs is 1. The Labute approximate surface area is 143 Å². The van der Waals surface area contributed by atoms with Crippen molar-refractivity contribution in [1.82, 2.24) is 20.2 Å². The second-order valence-electron chi connectivity index (χ2n) is 5.71. The second kappa shape index (κ2) is 5.20. The number of rotatable bonds is 2. The summed E-state index contributed by atoms with van der Waals surface area (Å²) in [7, 11) is 1.79. The zero-order valence-electron chi connectivity index (χ0n) is 13.4. The van der Waals surface area contributed by atoms with Crippen LogP contribution < -0.4 is 15.4 Å². The average Bonchev–Trinajstić information content (AvgIpc) is 2.98. The number of para-hydroxylation sites is 2. The molecule has 0 bridgehead atoms. The Morgan fingerprint density at radius 1 is 1.08 bits per heavy atom. The molecule has 0 unspecified atom stereocenters. The Bertz CT molecular complexity index is 1100. The molecular formula is C18H14N6O. The van der Waals surface area contributed by atoms with Crippen LogP contribution in [0.2, 0.25) is 0 Å². The van der Waals surface area contributed by atoms with Gasteiger partial charge in [0.2, 0.25) is 5.95 Å². The summed E-state index contributed by atoms with van der Waals surface area (Å²) in [5.74, 6) is 2.82. The van der Waals surface area contributed by atoms with E-state index in [4.69, 9.17) is 4.74 Å². The molecule has 7 nitrogen and oxygen atoms in total. The molecular weight excluding hydrogens is 316 g/mol. The van der Waals surface area contributed by atoms with Crippen LogP contribution in [0.4, 0.5) is 17.5 Å². The molecule has 0 aliphatic carbocycles. The molecule has 0 spiro atoms. The van der Waals surface area contributed by atoms with Crippen molar-refractivity contribution in [2.24, 2.45) is 0 Å². The van der Waals surface area contributed by atoms with Gasteiger partial charge in [0, 0.05) is 18.8 Å². The van der Waals surface area contributed by atoms with Gasteiger partial charge < -0.3 is 15.4 Å². The van der Waals surface area contributed by atoms with Gasteiger partial charge >= 0.3 is 0 Å². The summed E-state index contributed by atoms with van der Waals surface area (Å²) in [6.07, 6.45) is 1.73. The number of benzene rings is 2. The van der Waals surface area contributed by atoms with Gasteiger partial charge in [0.25, 0.3) is 0 Å². The highest BCUT2D eigenvalue weighted by molar-refractivity contribution is 6.00.